The molecule has 0 bridgehead atoms. The van der Waals surface area contributed by atoms with E-state index in [0.29, 0.717) is 12.1 Å². The first-order valence-corrected chi connectivity index (χ1v) is 9.16. The highest BCUT2D eigenvalue weighted by Crippen LogP contribution is 2.21. The molecule has 134 valence electrons. The van der Waals surface area contributed by atoms with E-state index in [1.807, 2.05) is 48.5 Å². The van der Waals surface area contributed by atoms with E-state index in [0.717, 1.165) is 32.4 Å². The fourth-order valence-corrected chi connectivity index (χ4v) is 3.22. The number of benzene rings is 2. The number of hydrogen-bond donors (Lipinski definition) is 3. The lowest BCUT2D eigenvalue weighted by Gasteiger charge is -2.12. The lowest BCUT2D eigenvalue weighted by Crippen LogP contribution is -2.14. The number of para-hydroxylation sites is 1. The van der Waals surface area contributed by atoms with Gasteiger partial charge in [-0.1, -0.05) is 12.1 Å². The van der Waals surface area contributed by atoms with Gasteiger partial charge in [-0.2, -0.15) is 5.10 Å². The maximum absolute atomic E-state index is 12.8. The zero-order chi connectivity index (χ0) is 18.6. The Morgan fingerprint density at radius 3 is 2.89 bits per heavy atom. The molecule has 27 heavy (non-hydrogen) atoms. The van der Waals surface area contributed by atoms with Crippen molar-refractivity contribution in [2.45, 2.75) is 6.54 Å². The van der Waals surface area contributed by atoms with Crippen molar-refractivity contribution in [1.29, 1.82) is 0 Å². The van der Waals surface area contributed by atoms with Crippen molar-refractivity contribution in [3.8, 4) is 0 Å². The quantitative estimate of drug-likeness (QED) is 0.411. The summed E-state index contributed by atoms with van der Waals surface area (Å²) >= 11 is 3.37. The van der Waals surface area contributed by atoms with E-state index in [2.05, 4.69) is 41.7 Å². The summed E-state index contributed by atoms with van der Waals surface area (Å²) in [6, 6.07) is 17.0. The maximum Gasteiger partial charge on any atom is 0.257 e. The Morgan fingerprint density at radius 2 is 2.00 bits per heavy atom. The predicted molar refractivity (Wildman–Crippen MR) is 110 cm³/mol. The van der Waals surface area contributed by atoms with Crippen LogP contribution in [-0.2, 0) is 6.54 Å². The minimum absolute atomic E-state index is 0.170. The molecule has 0 spiro atoms. The van der Waals surface area contributed by atoms with Crippen molar-refractivity contribution < 1.29 is 4.79 Å². The minimum Gasteiger partial charge on any atom is -0.380 e. The molecule has 6 nitrogen and oxygen atoms in total. The standard InChI is InChI=1S/C20H16BrN5O/c21-19-9-13(7-8-22-19)11-23-18-4-2-1-3-16(18)20(27)25-15-5-6-17-14(10-15)12-24-26-17/h1-10,12,23H,11H2,(H,24,26)(H,25,27). The minimum atomic E-state index is -0.170. The van der Waals surface area contributed by atoms with E-state index in [-0.39, 0.29) is 5.91 Å². The molecule has 4 rings (SSSR count). The molecule has 1 amide bonds. The van der Waals surface area contributed by atoms with Crippen LogP contribution in [0.3, 0.4) is 0 Å². The number of pyridine rings is 1. The molecule has 0 radical (unpaired) electrons. The van der Waals surface area contributed by atoms with Gasteiger partial charge in [0.15, 0.2) is 0 Å². The SMILES string of the molecule is O=C(Nc1ccc2[nH]ncc2c1)c1ccccc1NCc1ccnc(Br)c1. The molecule has 0 saturated carbocycles. The Labute approximate surface area is 164 Å². The van der Waals surface area contributed by atoms with E-state index in [4.69, 9.17) is 0 Å². The van der Waals surface area contributed by atoms with Crippen LogP contribution in [0.25, 0.3) is 10.9 Å². The van der Waals surface area contributed by atoms with Gasteiger partial charge >= 0.3 is 0 Å². The van der Waals surface area contributed by atoms with Crippen LogP contribution in [-0.4, -0.2) is 21.1 Å². The first-order chi connectivity index (χ1) is 13.2. The van der Waals surface area contributed by atoms with Gasteiger partial charge in [-0.25, -0.2) is 4.98 Å². The van der Waals surface area contributed by atoms with E-state index < -0.39 is 0 Å². The monoisotopic (exact) mass is 421 g/mol. The van der Waals surface area contributed by atoms with Crippen molar-refractivity contribution in [3.63, 3.8) is 0 Å². The Hall–Kier alpha value is -3.19. The fraction of sp³-hybridized carbons (Fsp3) is 0.0500. The van der Waals surface area contributed by atoms with Crippen LogP contribution in [0.2, 0.25) is 0 Å². The van der Waals surface area contributed by atoms with Gasteiger partial charge in [0.25, 0.3) is 5.91 Å². The molecule has 0 saturated heterocycles. The number of nitrogens with one attached hydrogen (secondary N) is 3. The molecular weight excluding hydrogens is 406 g/mol. The Morgan fingerprint density at radius 1 is 1.11 bits per heavy atom. The predicted octanol–water partition coefficient (Wildman–Crippen LogP) is 4.58. The lowest BCUT2D eigenvalue weighted by molar-refractivity contribution is 0.102. The number of carbonyl (C=O) groups excluding carboxylic acids is 1. The van der Waals surface area contributed by atoms with E-state index >= 15 is 0 Å². The van der Waals surface area contributed by atoms with Crippen LogP contribution in [0, 0.1) is 0 Å². The molecule has 0 aliphatic carbocycles. The van der Waals surface area contributed by atoms with Crippen LogP contribution in [0.5, 0.6) is 0 Å². The second-order valence-electron chi connectivity index (χ2n) is 6.01. The average Bonchev–Trinajstić information content (AvgIpc) is 3.14. The third kappa shape index (κ3) is 3.98. The van der Waals surface area contributed by atoms with Crippen molar-refractivity contribution >= 4 is 44.1 Å². The van der Waals surface area contributed by atoms with Crippen LogP contribution in [0.4, 0.5) is 11.4 Å². The number of aromatic nitrogens is 3. The zero-order valence-corrected chi connectivity index (χ0v) is 15.8. The molecule has 2 heterocycles. The molecule has 7 heteroatoms. The molecule has 0 atom stereocenters. The number of hydrogen-bond acceptors (Lipinski definition) is 4. The van der Waals surface area contributed by atoms with Gasteiger partial charge in [-0.15, -0.1) is 0 Å². The largest absolute Gasteiger partial charge is 0.380 e. The summed E-state index contributed by atoms with van der Waals surface area (Å²) in [4.78, 5) is 16.9. The third-order valence-electron chi connectivity index (χ3n) is 4.14. The summed E-state index contributed by atoms with van der Waals surface area (Å²) in [5.74, 6) is -0.170. The van der Waals surface area contributed by atoms with Crippen LogP contribution < -0.4 is 10.6 Å². The number of amides is 1. The maximum atomic E-state index is 12.8. The summed E-state index contributed by atoms with van der Waals surface area (Å²) in [6.45, 7) is 0.590. The molecule has 2 aromatic heterocycles. The van der Waals surface area contributed by atoms with Gasteiger partial charge in [0, 0.05) is 29.5 Å². The molecule has 0 fully saturated rings. The highest BCUT2D eigenvalue weighted by Gasteiger charge is 2.12. The number of fused-ring (bicyclic) bond motifs is 1. The van der Waals surface area contributed by atoms with Crippen molar-refractivity contribution in [2.24, 2.45) is 0 Å². The van der Waals surface area contributed by atoms with Crippen LogP contribution in [0.15, 0.2) is 71.6 Å². The van der Waals surface area contributed by atoms with Gasteiger partial charge in [-0.05, 0) is 64.0 Å². The molecule has 4 aromatic rings. The van der Waals surface area contributed by atoms with Gasteiger partial charge < -0.3 is 10.6 Å². The van der Waals surface area contributed by atoms with Gasteiger partial charge in [0.2, 0.25) is 0 Å². The average molecular weight is 422 g/mol. The Kier molecular flexibility index (Phi) is 4.84. The Balaban J connectivity index is 1.51. The second kappa shape index (κ2) is 7.59. The van der Waals surface area contributed by atoms with Crippen molar-refractivity contribution in [3.05, 3.63) is 82.7 Å². The van der Waals surface area contributed by atoms with Crippen molar-refractivity contribution in [2.75, 3.05) is 10.6 Å². The number of H-pyrrole nitrogens is 1. The van der Waals surface area contributed by atoms with Gasteiger partial charge in [0.05, 0.1) is 17.3 Å². The molecular formula is C20H16BrN5O. The third-order valence-corrected chi connectivity index (χ3v) is 4.58. The van der Waals surface area contributed by atoms with E-state index in [9.17, 15) is 4.79 Å². The smallest absolute Gasteiger partial charge is 0.257 e. The number of anilines is 2. The summed E-state index contributed by atoms with van der Waals surface area (Å²) in [7, 11) is 0. The normalized spacial score (nSPS) is 10.7. The highest BCUT2D eigenvalue weighted by atomic mass is 79.9. The van der Waals surface area contributed by atoms with Crippen molar-refractivity contribution in [1.82, 2.24) is 15.2 Å². The molecule has 2 aromatic carbocycles. The number of carbonyl (C=O) groups is 1. The summed E-state index contributed by atoms with van der Waals surface area (Å²) in [6.07, 6.45) is 3.47. The van der Waals surface area contributed by atoms with Gasteiger partial charge in [0.1, 0.15) is 4.60 Å². The number of nitrogens with zero attached hydrogens (tertiary/aromatic N) is 2. The Bertz CT molecular complexity index is 1110. The van der Waals surface area contributed by atoms with Crippen LogP contribution in [0.1, 0.15) is 15.9 Å². The summed E-state index contributed by atoms with van der Waals surface area (Å²) in [5.41, 5.74) is 4.07. The number of halogens is 1. The van der Waals surface area contributed by atoms with Gasteiger partial charge in [-0.3, -0.25) is 9.89 Å². The molecule has 3 N–H and O–H groups in total. The first-order valence-electron chi connectivity index (χ1n) is 8.37. The van der Waals surface area contributed by atoms with E-state index in [1.165, 1.54) is 0 Å². The molecule has 0 aliphatic heterocycles. The fourth-order valence-electron chi connectivity index (χ4n) is 2.80. The lowest BCUT2D eigenvalue weighted by atomic mass is 10.1. The summed E-state index contributed by atoms with van der Waals surface area (Å²) < 4.78 is 0.780. The summed E-state index contributed by atoms with van der Waals surface area (Å²) in [5, 5.41) is 14.1. The molecule has 0 aliphatic rings. The second-order valence-corrected chi connectivity index (χ2v) is 6.82. The topological polar surface area (TPSA) is 82.7 Å². The van der Waals surface area contributed by atoms with E-state index in [1.54, 1.807) is 18.5 Å². The highest BCUT2D eigenvalue weighted by molar-refractivity contribution is 9.10. The first kappa shape index (κ1) is 17.2. The van der Waals surface area contributed by atoms with Crippen LogP contribution >= 0.6 is 15.9 Å². The zero-order valence-electron chi connectivity index (χ0n) is 14.2. The number of aromatic amines is 1. The molecule has 0 unspecified atom stereocenters. The number of rotatable bonds is 5.